The van der Waals surface area contributed by atoms with Crippen molar-refractivity contribution in [2.45, 2.75) is 246 Å². The highest BCUT2D eigenvalue weighted by Crippen LogP contribution is 2.59. The van der Waals surface area contributed by atoms with Gasteiger partial charge < -0.3 is 128 Å². The molecule has 8 heterocycles. The lowest BCUT2D eigenvalue weighted by atomic mass is 9.51. The molecular formula is C86H107ClN8O25. The van der Waals surface area contributed by atoms with Crippen LogP contribution in [0, 0.1) is 41.4 Å². The van der Waals surface area contributed by atoms with Crippen LogP contribution in [0.3, 0.4) is 0 Å². The number of carbonyl (C=O) groups is 8. The van der Waals surface area contributed by atoms with Crippen LogP contribution in [-0.2, 0) is 62.0 Å². The lowest BCUT2D eigenvalue weighted by Gasteiger charge is -2.54. The number of benzene rings is 5. The number of rotatable bonds is 17. The number of hydrogen-bond donors (Lipinski definition) is 17. The first-order valence-corrected chi connectivity index (χ1v) is 41.3. The third-order valence-electron chi connectivity index (χ3n) is 25.6. The number of aliphatic hydroxyl groups excluding tert-OH is 6. The van der Waals surface area contributed by atoms with Crippen LogP contribution in [0.2, 0.25) is 5.02 Å². The number of carbonyl (C=O) groups excluding carboxylic acids is 8. The first kappa shape index (κ1) is 87.3. The Bertz CT molecular complexity index is 4710. The van der Waals surface area contributed by atoms with Crippen LogP contribution in [0.1, 0.15) is 177 Å². The van der Waals surface area contributed by atoms with Gasteiger partial charge in [-0.2, -0.15) is 0 Å². The van der Waals surface area contributed by atoms with E-state index in [2.05, 4.69) is 26.6 Å². The zero-order chi connectivity index (χ0) is 86.2. The van der Waals surface area contributed by atoms with Crippen molar-refractivity contribution in [1.29, 1.82) is 0 Å². The summed E-state index contributed by atoms with van der Waals surface area (Å²) in [5.74, 6) is -14.4. The molecule has 120 heavy (non-hydrogen) atoms. The summed E-state index contributed by atoms with van der Waals surface area (Å²) in [6.45, 7) is 8.94. The molecule has 33 nitrogen and oxygen atoms in total. The standard InChI is InChI=1S/C86H107ClN8O25/c1-35(2)16-54(91-7)82(111)94-70-57(100)24-46(27-64(88)103)80(109)92-68-45-25-61(76(62(26-45)116-60-15-11-42(72(70)104)23-53(60)87)120-84-77(74(106)73(105)63(34-96)117-84)119-66-33-86(6,90)79(108)37(4)114-66)115-48-12-8-40(9-13-48)75(118-65-32-85(5,89)78(107)36(3)113-65)71-83(112)93-69(59(102)30-49-43-18-38-17-39(20-43)21-44(49)19-38)52-28-47(97)29-56(99)67(52)51-22-41(10-14-55(51)98)50(31-58(68)101)81(110)95-71/h8-15,22-23,25-26,28-29,35-39,43-44,46,49-50,54,63,65-66,68-75,77-79,84,91,96-99,104-108H,16-21,24,27,30-34,89-90H2,1-7H3,(H2,88,103)(H,92,109)(H,93,112)(H,94,111)(H,95,110)/t36?,37?,38?,39?,43?,44?,46-,49?,50+,54+,63?,65?,66?,68+,69-,70-,71-,72+,73?,74?,75+,77?,78?,79?,84?,85?,86?/m0/s1. The number of primary amides is 1. The fraction of sp³-hybridized carbons (Fsp3) is 0.558. The highest BCUT2D eigenvalue weighted by Gasteiger charge is 2.54. The third kappa shape index (κ3) is 18.1. The molecular weight excluding hydrogens is 1580 g/mol. The molecule has 20 N–H and O–H groups in total. The minimum Gasteiger partial charge on any atom is -0.508 e. The number of fused-ring (bicyclic) bond motifs is 15. The minimum atomic E-state index is -2.17. The van der Waals surface area contributed by atoms with Crippen molar-refractivity contribution in [2.24, 2.45) is 58.6 Å². The van der Waals surface area contributed by atoms with Gasteiger partial charge in [-0.25, -0.2) is 0 Å². The van der Waals surface area contributed by atoms with Crippen molar-refractivity contribution < 1.29 is 122 Å². The van der Waals surface area contributed by atoms with Crippen LogP contribution in [-0.4, -0.2) is 203 Å². The maximum atomic E-state index is 16.8. The number of phenolic OH excluding ortho intramolecular Hbond substituents is 3. The Morgan fingerprint density at radius 3 is 1.90 bits per heavy atom. The van der Waals surface area contributed by atoms with Crippen LogP contribution in [0.25, 0.3) is 11.1 Å². The molecule has 4 saturated carbocycles. The largest absolute Gasteiger partial charge is 0.508 e. The van der Waals surface area contributed by atoms with Crippen molar-refractivity contribution in [3.8, 4) is 57.1 Å². The normalized spacial score (nSPS) is 35.3. The lowest BCUT2D eigenvalue weighted by molar-refractivity contribution is -0.333. The quantitative estimate of drug-likeness (QED) is 0.0604. The highest BCUT2D eigenvalue weighted by atomic mass is 35.5. The van der Waals surface area contributed by atoms with E-state index in [0.717, 1.165) is 50.3 Å². The van der Waals surface area contributed by atoms with Crippen molar-refractivity contribution in [3.05, 3.63) is 118 Å². The molecule has 8 aliphatic heterocycles. The van der Waals surface area contributed by atoms with Crippen LogP contribution in [0.5, 0.6) is 46.0 Å². The first-order valence-electron chi connectivity index (χ1n) is 40.9. The molecule has 12 aliphatic rings. The number of halogens is 1. The zero-order valence-corrected chi connectivity index (χ0v) is 68.2. The Morgan fingerprint density at radius 2 is 1.29 bits per heavy atom. The fourth-order valence-electron chi connectivity index (χ4n) is 19.5. The number of aliphatic hydroxyl groups is 6. The van der Waals surface area contributed by atoms with Gasteiger partial charge in [0.25, 0.3) is 0 Å². The van der Waals surface area contributed by atoms with Gasteiger partial charge in [0, 0.05) is 66.8 Å². The number of nitrogens with two attached hydrogens (primary N) is 3. The number of hydrogen-bond acceptors (Lipinski definition) is 28. The van der Waals surface area contributed by atoms with Crippen LogP contribution >= 0.6 is 11.6 Å². The zero-order valence-electron chi connectivity index (χ0n) is 67.5. The Balaban J connectivity index is 0.989. The second-order valence-corrected chi connectivity index (χ2v) is 35.6. The Hall–Kier alpha value is -9.01. The molecule has 0 spiro atoms. The smallest absolute Gasteiger partial charge is 0.246 e. The van der Waals surface area contributed by atoms with E-state index in [-0.39, 0.29) is 105 Å². The molecule has 7 fully saturated rings. The molecule has 13 unspecified atom stereocenters. The second-order valence-electron chi connectivity index (χ2n) is 35.1. The molecule has 17 rings (SSSR count). The van der Waals surface area contributed by atoms with Gasteiger partial charge >= 0.3 is 0 Å². The monoisotopic (exact) mass is 1690 g/mol. The Kier molecular flexibility index (Phi) is 25.5. The number of ketones is 3. The summed E-state index contributed by atoms with van der Waals surface area (Å²) in [5.41, 5.74) is 15.4. The predicted octanol–water partition coefficient (Wildman–Crippen LogP) is 4.61. The van der Waals surface area contributed by atoms with Gasteiger partial charge in [-0.15, -0.1) is 0 Å². The van der Waals surface area contributed by atoms with Gasteiger partial charge in [-0.3, -0.25) is 38.4 Å². The van der Waals surface area contributed by atoms with Gasteiger partial charge in [0.2, 0.25) is 41.6 Å². The molecule has 3 saturated heterocycles. The number of Topliss-reactive ketones (excluding diaryl/α,β-unsaturated/α-hetero) is 3. The van der Waals surface area contributed by atoms with E-state index in [4.69, 9.17) is 66.7 Å². The van der Waals surface area contributed by atoms with Gasteiger partial charge in [0.1, 0.15) is 83.4 Å². The third-order valence-corrected chi connectivity index (χ3v) is 25.9. The molecule has 5 aromatic carbocycles. The molecule has 0 aromatic heterocycles. The maximum Gasteiger partial charge on any atom is 0.246 e. The molecule has 15 bridgehead atoms. The molecule has 0 radical (unpaired) electrons. The summed E-state index contributed by atoms with van der Waals surface area (Å²) in [5, 5.41) is 120. The average molecular weight is 1690 g/mol. The van der Waals surface area contributed by atoms with Crippen LogP contribution in [0.4, 0.5) is 0 Å². The summed E-state index contributed by atoms with van der Waals surface area (Å²) in [6, 6.07) is 8.78. The van der Waals surface area contributed by atoms with E-state index in [0.29, 0.717) is 11.8 Å². The molecule has 5 amide bonds. The lowest BCUT2D eigenvalue weighted by Crippen LogP contribution is -2.64. The average Bonchev–Trinajstić information content (AvgIpc) is 0.756. The van der Waals surface area contributed by atoms with Crippen molar-refractivity contribution in [2.75, 3.05) is 13.7 Å². The molecule has 34 heteroatoms. The van der Waals surface area contributed by atoms with E-state index in [9.17, 15) is 55.5 Å². The number of aromatic hydroxyl groups is 3. The molecule has 4 aliphatic carbocycles. The van der Waals surface area contributed by atoms with E-state index < -0.39 is 240 Å². The number of nitrogens with one attached hydrogen (secondary N) is 5. The summed E-state index contributed by atoms with van der Waals surface area (Å²) in [6.07, 6.45) is -18.9. The number of amides is 5. The number of likely N-dealkylation sites (N-methyl/N-ethyl adjacent to an activating group) is 1. The summed E-state index contributed by atoms with van der Waals surface area (Å²) in [4.78, 5) is 124. The topological polar surface area (TPSA) is 531 Å². The van der Waals surface area contributed by atoms with Crippen molar-refractivity contribution in [3.63, 3.8) is 0 Å². The van der Waals surface area contributed by atoms with Crippen LogP contribution < -0.4 is 58.0 Å². The number of ether oxygens (including phenoxy) is 8. The maximum absolute atomic E-state index is 16.8. The van der Waals surface area contributed by atoms with E-state index >= 15 is 28.8 Å². The van der Waals surface area contributed by atoms with Gasteiger partial charge in [-0.05, 0) is 191 Å². The Labute approximate surface area is 696 Å². The second kappa shape index (κ2) is 35.1. The van der Waals surface area contributed by atoms with Crippen molar-refractivity contribution >= 4 is 58.5 Å². The minimum absolute atomic E-state index is 0.0705. The highest BCUT2D eigenvalue weighted by molar-refractivity contribution is 6.32. The van der Waals surface area contributed by atoms with Gasteiger partial charge in [-0.1, -0.05) is 49.7 Å². The Morgan fingerprint density at radius 1 is 0.667 bits per heavy atom. The molecule has 22 atom stereocenters. The summed E-state index contributed by atoms with van der Waals surface area (Å²) < 4.78 is 52.7. The molecule has 648 valence electrons. The van der Waals surface area contributed by atoms with E-state index in [1.54, 1.807) is 20.8 Å². The fourth-order valence-corrected chi connectivity index (χ4v) is 19.7. The predicted molar refractivity (Wildman–Crippen MR) is 426 cm³/mol. The van der Waals surface area contributed by atoms with E-state index in [1.165, 1.54) is 80.7 Å². The van der Waals surface area contributed by atoms with Gasteiger partial charge in [0.05, 0.1) is 53.9 Å². The SMILES string of the molecule is CN[C@H](CC(C)C)C(=O)N[C@H]1C(=O)C[C@@H](CC(N)=O)C(=O)N[C@H]2C(=O)C[C@H]3C(=O)N[C@H](C(=O)N[C@H](C(=O)CC4C5CC6CC(C5)CC4C6)c4cc(O)cc(O)c4-c4cc3ccc4O)[C@H](OC3CC(C)(N)C(O)C(C)O3)c3ccc(cc3)Oc3cc2cc(c3OC2OC(CO)C(O)C(O)C2OC2CC(C)(N)C(O)C(C)O2)Oc2ccc(cc2Cl)[C@H]1O. The summed E-state index contributed by atoms with van der Waals surface area (Å²) >= 11 is 7.23. The van der Waals surface area contributed by atoms with Crippen LogP contribution in [0.15, 0.2) is 84.9 Å². The number of phenols is 3. The summed E-state index contributed by atoms with van der Waals surface area (Å²) in [7, 11) is 1.51. The van der Waals surface area contributed by atoms with E-state index in [1.807, 2.05) is 13.8 Å². The van der Waals surface area contributed by atoms with Crippen molar-refractivity contribution in [1.82, 2.24) is 26.6 Å². The molecule has 5 aromatic rings. The van der Waals surface area contributed by atoms with Gasteiger partial charge in [0.15, 0.2) is 47.5 Å². The first-order chi connectivity index (χ1) is 56.8.